The van der Waals surface area contributed by atoms with Gasteiger partial charge in [-0.05, 0) is 49.7 Å². The van der Waals surface area contributed by atoms with Gasteiger partial charge < -0.3 is 10.4 Å². The molecule has 0 saturated heterocycles. The number of nitrogens with one attached hydrogen (secondary N) is 1. The van der Waals surface area contributed by atoms with Gasteiger partial charge in [-0.25, -0.2) is 9.97 Å². The van der Waals surface area contributed by atoms with Crippen molar-refractivity contribution < 1.29 is 5.11 Å². The number of halogens is 2. The van der Waals surface area contributed by atoms with Crippen LogP contribution in [0.2, 0.25) is 10.0 Å². The number of phenols is 1. The number of fused-ring (bicyclic) bond motifs is 1. The maximum absolute atomic E-state index is 11.1. The van der Waals surface area contributed by atoms with Crippen LogP contribution in [0.25, 0.3) is 10.9 Å². The fourth-order valence-electron chi connectivity index (χ4n) is 3.35. The zero-order chi connectivity index (χ0) is 20.5. The quantitative estimate of drug-likeness (QED) is 0.395. The van der Waals surface area contributed by atoms with E-state index in [2.05, 4.69) is 15.3 Å². The lowest BCUT2D eigenvalue weighted by molar-refractivity contribution is 0.471. The largest absolute Gasteiger partial charge is 0.505 e. The van der Waals surface area contributed by atoms with Crippen LogP contribution in [0.4, 0.5) is 5.82 Å². The molecule has 0 spiro atoms. The number of aromatic nitrogens is 2. The van der Waals surface area contributed by atoms with E-state index in [1.54, 1.807) is 12.1 Å². The first kappa shape index (κ1) is 19.5. The van der Waals surface area contributed by atoms with Crippen LogP contribution in [0, 0.1) is 13.8 Å². The molecule has 146 valence electrons. The Morgan fingerprint density at radius 3 is 2.34 bits per heavy atom. The minimum atomic E-state index is -0.444. The number of rotatable bonds is 4. The smallest absolute Gasteiger partial charge is 0.147 e. The topological polar surface area (TPSA) is 58.0 Å². The highest BCUT2D eigenvalue weighted by Gasteiger charge is 2.23. The van der Waals surface area contributed by atoms with Crippen LogP contribution in [0.15, 0.2) is 60.7 Å². The Morgan fingerprint density at radius 1 is 0.862 bits per heavy atom. The van der Waals surface area contributed by atoms with Gasteiger partial charge in [0.1, 0.15) is 17.1 Å². The van der Waals surface area contributed by atoms with Crippen molar-refractivity contribution in [3.63, 3.8) is 0 Å². The molecule has 2 N–H and O–H groups in total. The van der Waals surface area contributed by atoms with Crippen LogP contribution in [0.5, 0.6) is 5.75 Å². The average Bonchev–Trinajstić information content (AvgIpc) is 2.68. The highest BCUT2D eigenvalue weighted by molar-refractivity contribution is 6.35. The van der Waals surface area contributed by atoms with E-state index in [9.17, 15) is 5.11 Å². The molecule has 4 aromatic rings. The minimum Gasteiger partial charge on any atom is -0.505 e. The summed E-state index contributed by atoms with van der Waals surface area (Å²) in [6.07, 6.45) is 0. The zero-order valence-electron chi connectivity index (χ0n) is 15.9. The Bertz CT molecular complexity index is 1210. The third-order valence-corrected chi connectivity index (χ3v) is 5.33. The van der Waals surface area contributed by atoms with Crippen LogP contribution in [-0.2, 0) is 0 Å². The first-order valence-corrected chi connectivity index (χ1v) is 9.92. The predicted molar refractivity (Wildman–Crippen MR) is 119 cm³/mol. The highest BCUT2D eigenvalue weighted by atomic mass is 35.5. The molecule has 4 rings (SSSR count). The van der Waals surface area contributed by atoms with Gasteiger partial charge in [0, 0.05) is 32.4 Å². The van der Waals surface area contributed by atoms with Gasteiger partial charge >= 0.3 is 0 Å². The molecule has 0 saturated carbocycles. The lowest BCUT2D eigenvalue weighted by Crippen LogP contribution is -2.14. The number of nitrogens with zero attached hydrogens (tertiary/aromatic N) is 2. The van der Waals surface area contributed by atoms with Gasteiger partial charge in [-0.2, -0.15) is 0 Å². The zero-order valence-corrected chi connectivity index (χ0v) is 17.5. The summed E-state index contributed by atoms with van der Waals surface area (Å²) in [5.41, 5.74) is 3.71. The summed E-state index contributed by atoms with van der Waals surface area (Å²) in [5.74, 6) is 0.792. The molecule has 0 aliphatic rings. The predicted octanol–water partition coefficient (Wildman–Crippen LogP) is 6.46. The average molecular weight is 424 g/mol. The third kappa shape index (κ3) is 4.00. The van der Waals surface area contributed by atoms with E-state index in [1.807, 2.05) is 62.4 Å². The summed E-state index contributed by atoms with van der Waals surface area (Å²) >= 11 is 12.6. The van der Waals surface area contributed by atoms with Crippen molar-refractivity contribution in [2.75, 3.05) is 5.32 Å². The number of aryl methyl sites for hydroxylation is 2. The third-order valence-electron chi connectivity index (χ3n) is 4.77. The van der Waals surface area contributed by atoms with Gasteiger partial charge in [-0.15, -0.1) is 0 Å². The van der Waals surface area contributed by atoms with Crippen molar-refractivity contribution in [3.8, 4) is 5.75 Å². The van der Waals surface area contributed by atoms with Crippen LogP contribution in [0.3, 0.4) is 0 Å². The molecule has 4 nitrogen and oxygen atoms in total. The van der Waals surface area contributed by atoms with Crippen LogP contribution in [0.1, 0.15) is 28.6 Å². The van der Waals surface area contributed by atoms with Gasteiger partial charge in [-0.3, -0.25) is 0 Å². The van der Waals surface area contributed by atoms with E-state index < -0.39 is 6.04 Å². The van der Waals surface area contributed by atoms with Crippen LogP contribution >= 0.6 is 23.2 Å². The van der Waals surface area contributed by atoms with Crippen molar-refractivity contribution in [1.82, 2.24) is 9.97 Å². The van der Waals surface area contributed by atoms with E-state index in [4.69, 9.17) is 23.2 Å². The lowest BCUT2D eigenvalue weighted by atomic mass is 9.96. The lowest BCUT2D eigenvalue weighted by Gasteiger charge is -2.23. The summed E-state index contributed by atoms with van der Waals surface area (Å²) in [7, 11) is 0. The van der Waals surface area contributed by atoms with Crippen molar-refractivity contribution in [1.29, 1.82) is 0 Å². The van der Waals surface area contributed by atoms with Crippen molar-refractivity contribution in [3.05, 3.63) is 93.2 Å². The van der Waals surface area contributed by atoms with Crippen LogP contribution < -0.4 is 5.32 Å². The molecule has 2 aromatic heterocycles. The summed E-state index contributed by atoms with van der Waals surface area (Å²) in [4.78, 5) is 9.06. The Morgan fingerprint density at radius 2 is 1.59 bits per heavy atom. The molecule has 1 atom stereocenters. The van der Waals surface area contributed by atoms with Gasteiger partial charge in [0.2, 0.25) is 0 Å². The summed E-state index contributed by atoms with van der Waals surface area (Å²) in [5, 5.41) is 16.4. The molecule has 1 unspecified atom stereocenters. The number of hydrogen-bond donors (Lipinski definition) is 2. The molecule has 29 heavy (non-hydrogen) atoms. The van der Waals surface area contributed by atoms with Crippen molar-refractivity contribution in [2.24, 2.45) is 0 Å². The molecule has 2 heterocycles. The Balaban J connectivity index is 1.90. The molecule has 0 bridgehead atoms. The minimum absolute atomic E-state index is 0.113. The maximum atomic E-state index is 11.1. The fourth-order valence-corrected chi connectivity index (χ4v) is 3.87. The second kappa shape index (κ2) is 7.90. The number of aromatic hydroxyl groups is 1. The van der Waals surface area contributed by atoms with Gasteiger partial charge in [0.05, 0.1) is 6.04 Å². The Kier molecular flexibility index (Phi) is 5.31. The first-order chi connectivity index (χ1) is 13.9. The normalized spacial score (nSPS) is 12.1. The van der Waals surface area contributed by atoms with Gasteiger partial charge in [0.25, 0.3) is 0 Å². The summed E-state index contributed by atoms with van der Waals surface area (Å²) in [6.45, 7) is 3.82. The number of anilines is 1. The van der Waals surface area contributed by atoms with Crippen molar-refractivity contribution in [2.45, 2.75) is 19.9 Å². The molecule has 0 amide bonds. The second-order valence-corrected chi connectivity index (χ2v) is 7.78. The van der Waals surface area contributed by atoms with E-state index in [0.717, 1.165) is 22.3 Å². The highest BCUT2D eigenvalue weighted by Crippen LogP contribution is 2.39. The fraction of sp³-hybridized carbons (Fsp3) is 0.130. The van der Waals surface area contributed by atoms with Crippen molar-refractivity contribution >= 4 is 39.9 Å². The van der Waals surface area contributed by atoms with E-state index in [-0.39, 0.29) is 5.75 Å². The SMILES string of the molecule is Cc1cccc(NC(c2ccc(Cl)cc2Cl)c2ccc3ccc(C)nc3c2O)n1. The summed E-state index contributed by atoms with van der Waals surface area (Å²) < 4.78 is 0. The Labute approximate surface area is 179 Å². The molecule has 6 heteroatoms. The summed E-state index contributed by atoms with van der Waals surface area (Å²) in [6, 6.07) is 18.3. The van der Waals surface area contributed by atoms with E-state index in [1.165, 1.54) is 0 Å². The van der Waals surface area contributed by atoms with Crippen LogP contribution in [-0.4, -0.2) is 15.1 Å². The van der Waals surface area contributed by atoms with E-state index in [0.29, 0.717) is 26.9 Å². The maximum Gasteiger partial charge on any atom is 0.147 e. The van der Waals surface area contributed by atoms with Gasteiger partial charge in [-0.1, -0.05) is 53.5 Å². The molecular formula is C23H19Cl2N3O. The van der Waals surface area contributed by atoms with Gasteiger partial charge in [0.15, 0.2) is 0 Å². The molecule has 0 aliphatic heterocycles. The second-order valence-electron chi connectivity index (χ2n) is 6.94. The number of phenolic OH excluding ortho intramolecular Hbond substituents is 1. The molecule has 0 fully saturated rings. The standard InChI is InChI=1S/C23H19Cl2N3O/c1-13-4-3-5-20(26-13)28-22(17-11-9-16(24)12-19(17)25)18-10-8-15-7-6-14(2)27-21(15)23(18)29/h3-12,22,29H,1-2H3,(H,26,28). The monoisotopic (exact) mass is 423 g/mol. The number of hydrogen-bond acceptors (Lipinski definition) is 4. The Hall–Kier alpha value is -2.82. The number of pyridine rings is 2. The van der Waals surface area contributed by atoms with E-state index >= 15 is 0 Å². The first-order valence-electron chi connectivity index (χ1n) is 9.17. The molecule has 0 aliphatic carbocycles. The number of benzene rings is 2. The molecular weight excluding hydrogens is 405 g/mol. The molecule has 0 radical (unpaired) electrons. The molecule has 2 aromatic carbocycles.